The fraction of sp³-hybridized carbons (Fsp3) is 0.692. The molecule has 3 aliphatic heterocycles. The van der Waals surface area contributed by atoms with Crippen molar-refractivity contribution in [3.8, 4) is 5.75 Å². The first kappa shape index (κ1) is 68.7. The number of fused-ring (bicyclic) bond motifs is 3. The monoisotopic (exact) mass is 1160 g/mol. The van der Waals surface area contributed by atoms with Crippen LogP contribution in [0.25, 0.3) is 0 Å². The molecule has 3 heterocycles. The van der Waals surface area contributed by atoms with Crippen LogP contribution in [0.4, 0.5) is 4.79 Å². The number of Topliss-reactive ketones (excluding diaryl/α,β-unsaturated/α-hetero) is 3. The second-order valence-electron chi connectivity index (χ2n) is 25.0. The zero-order valence-corrected chi connectivity index (χ0v) is 51.7. The number of ether oxygens (including phenoxy) is 7. The molecule has 1 aromatic rings. The Hall–Kier alpha value is -5.08. The van der Waals surface area contributed by atoms with Crippen molar-refractivity contribution in [2.75, 3.05) is 41.1 Å². The molecule has 1 aromatic carbocycles. The maximum Gasteiger partial charge on any atom is 0.411 e. The second-order valence-corrected chi connectivity index (χ2v) is 25.0. The van der Waals surface area contributed by atoms with E-state index in [0.29, 0.717) is 81.5 Å². The number of esters is 1. The number of hydrogen-bond donors (Lipinski definition) is 3. The number of piperidine rings is 1. The van der Waals surface area contributed by atoms with E-state index in [2.05, 4.69) is 0 Å². The summed E-state index contributed by atoms with van der Waals surface area (Å²) in [5.41, 5.74) is 0.899. The van der Waals surface area contributed by atoms with E-state index in [9.17, 15) is 44.1 Å². The molecule has 2 bridgehead atoms. The first-order valence-corrected chi connectivity index (χ1v) is 30.1. The van der Waals surface area contributed by atoms with Gasteiger partial charge >= 0.3 is 12.1 Å². The minimum absolute atomic E-state index is 0.0184. The van der Waals surface area contributed by atoms with Crippen LogP contribution in [0.15, 0.2) is 71.9 Å². The van der Waals surface area contributed by atoms with Gasteiger partial charge in [0.1, 0.15) is 48.1 Å². The van der Waals surface area contributed by atoms with E-state index in [0.717, 1.165) is 10.5 Å². The molecule has 5 rings (SSSR count). The minimum atomic E-state index is -2.61. The quantitative estimate of drug-likeness (QED) is 0.0766. The summed E-state index contributed by atoms with van der Waals surface area (Å²) in [5.74, 6) is -8.30. The SMILES string of the molecule is COCCOc1cccc(CN(C(=O)OC(C)(C)C)C2C[C@@H]3CC[C@@H](C)[C@@](O)(O3)C(=O)C(=O)N3CCCC[C@H]3C(=O)O[C@H]([C@H](C)C[C@@H]3CC[C@@H](O)[C@H](OC)C3)CC(=O)[C@H](C)/C=C(\C)[C@@H](O)[C@@H](OC)C(=O)[C@H](C)C[C@H](C)/C=C/C=C/C=C/2C)c1. The van der Waals surface area contributed by atoms with Gasteiger partial charge in [-0.25, -0.2) is 9.59 Å². The number of benzene rings is 1. The predicted octanol–water partition coefficient (Wildman–Crippen LogP) is 9.00. The van der Waals surface area contributed by atoms with Crippen molar-refractivity contribution in [1.82, 2.24) is 9.80 Å². The summed E-state index contributed by atoms with van der Waals surface area (Å²) >= 11 is 0. The number of aliphatic hydroxyl groups excluding tert-OH is 2. The van der Waals surface area contributed by atoms with Crippen LogP contribution in [0.1, 0.15) is 152 Å². The number of aliphatic hydroxyl groups is 3. The summed E-state index contributed by atoms with van der Waals surface area (Å²) in [5, 5.41) is 34.7. The Kier molecular flexibility index (Phi) is 26.4. The maximum absolute atomic E-state index is 14.8. The van der Waals surface area contributed by atoms with Crippen LogP contribution >= 0.6 is 0 Å². The highest BCUT2D eigenvalue weighted by Gasteiger charge is 2.53. The molecule has 464 valence electrons. The number of rotatable bonds is 12. The van der Waals surface area contributed by atoms with Crippen molar-refractivity contribution in [1.29, 1.82) is 0 Å². The predicted molar refractivity (Wildman–Crippen MR) is 314 cm³/mol. The lowest BCUT2D eigenvalue weighted by Crippen LogP contribution is -2.61. The Morgan fingerprint density at radius 1 is 0.880 bits per heavy atom. The zero-order valence-electron chi connectivity index (χ0n) is 51.7. The molecule has 18 heteroatoms. The number of methoxy groups -OCH3 is 3. The number of nitrogens with zero attached hydrogens (tertiary/aromatic N) is 2. The molecule has 1 aliphatic carbocycles. The van der Waals surface area contributed by atoms with E-state index in [1.807, 2.05) is 75.4 Å². The first-order valence-electron chi connectivity index (χ1n) is 30.1. The topological polar surface area (TPSA) is 234 Å². The van der Waals surface area contributed by atoms with Gasteiger partial charge in [0.25, 0.3) is 11.7 Å². The van der Waals surface area contributed by atoms with Gasteiger partial charge in [0.05, 0.1) is 31.0 Å². The molecule has 3 N–H and O–H groups in total. The summed E-state index contributed by atoms with van der Waals surface area (Å²) < 4.78 is 41.3. The number of carbonyl (C=O) groups is 6. The fourth-order valence-electron chi connectivity index (χ4n) is 12.0. The normalized spacial score (nSPS) is 34.2. The number of hydrogen-bond acceptors (Lipinski definition) is 16. The van der Waals surface area contributed by atoms with Crippen LogP contribution in [-0.4, -0.2) is 162 Å². The van der Waals surface area contributed by atoms with Gasteiger partial charge < -0.3 is 53.4 Å². The molecule has 4 aliphatic rings. The summed E-state index contributed by atoms with van der Waals surface area (Å²) in [4.78, 5) is 89.9. The highest BCUT2D eigenvalue weighted by molar-refractivity contribution is 6.39. The van der Waals surface area contributed by atoms with Gasteiger partial charge in [0.2, 0.25) is 5.79 Å². The Bertz CT molecular complexity index is 2460. The number of allylic oxidation sites excluding steroid dienone is 6. The standard InChI is InChI=1S/C65H98N2O16/c1-40-20-15-14-16-21-41(2)52(67(63(75)83-64(8,9)10)39-48-22-19-23-49(35-48)80-31-30-77-11)37-50-27-25-46(7)65(76,82-50)60(72)61(73)66-29-18-17-24-51(66)62(74)81-55(43(4)34-47-26-28-53(68)56(36-47)78-12)38-54(69)42(3)33-45(6)58(71)59(79-13)57(70)44(5)32-40/h14-16,19-23,33,35,40,42-44,46-47,50-53,55-56,58-59,68,71,76H,17-18,24-32,34,36-39H2,1-13H3/b16-14+,20-15+,41-21+,45-33+/t40-,42-,43-,44-,46-,47+,50+,51+,52?,53-,55+,56-,58-,59+,65-/m1/s1. The van der Waals surface area contributed by atoms with Gasteiger partial charge in [-0.15, -0.1) is 0 Å². The smallest absolute Gasteiger partial charge is 0.411 e. The first-order chi connectivity index (χ1) is 39.2. The van der Waals surface area contributed by atoms with E-state index in [1.165, 1.54) is 7.11 Å². The molecule has 18 nitrogen and oxygen atoms in total. The third-order valence-electron chi connectivity index (χ3n) is 17.0. The van der Waals surface area contributed by atoms with Gasteiger partial charge in [0.15, 0.2) is 5.78 Å². The van der Waals surface area contributed by atoms with Crippen LogP contribution in [0.5, 0.6) is 5.75 Å². The number of amides is 2. The van der Waals surface area contributed by atoms with Crippen molar-refractivity contribution in [3.05, 3.63) is 77.4 Å². The lowest BCUT2D eigenvalue weighted by molar-refractivity contribution is -0.264. The lowest BCUT2D eigenvalue weighted by atomic mass is 9.78. The second kappa shape index (κ2) is 31.9. The molecule has 1 unspecified atom stereocenters. The van der Waals surface area contributed by atoms with E-state index in [-0.39, 0.29) is 74.2 Å². The molecule has 1 saturated carbocycles. The average molecular weight is 1160 g/mol. The number of cyclic esters (lactones) is 1. The van der Waals surface area contributed by atoms with Crippen LogP contribution in [0, 0.1) is 35.5 Å². The van der Waals surface area contributed by atoms with Crippen molar-refractivity contribution in [2.45, 2.75) is 213 Å². The summed E-state index contributed by atoms with van der Waals surface area (Å²) in [7, 11) is 4.51. The molecule has 2 amide bonds. The van der Waals surface area contributed by atoms with Gasteiger partial charge in [-0.1, -0.05) is 88.8 Å². The summed E-state index contributed by atoms with van der Waals surface area (Å²) in [6, 6.07) is 5.37. The molecule has 0 spiro atoms. The van der Waals surface area contributed by atoms with Crippen molar-refractivity contribution in [2.24, 2.45) is 35.5 Å². The van der Waals surface area contributed by atoms with Crippen molar-refractivity contribution >= 4 is 35.3 Å². The van der Waals surface area contributed by atoms with Crippen molar-refractivity contribution in [3.63, 3.8) is 0 Å². The van der Waals surface area contributed by atoms with Crippen molar-refractivity contribution < 1.29 is 77.2 Å². The highest BCUT2D eigenvalue weighted by atomic mass is 16.6. The Morgan fingerprint density at radius 3 is 2.30 bits per heavy atom. The molecule has 2 saturated heterocycles. The number of carbonyl (C=O) groups excluding carboxylic acids is 6. The van der Waals surface area contributed by atoms with E-state index in [1.54, 1.807) is 73.7 Å². The summed E-state index contributed by atoms with van der Waals surface area (Å²) in [6.45, 7) is 18.6. The fourth-order valence-corrected chi connectivity index (χ4v) is 12.0. The largest absolute Gasteiger partial charge is 0.491 e. The number of ketones is 3. The zero-order chi connectivity index (χ0) is 61.3. The Balaban J connectivity index is 1.58. The van der Waals surface area contributed by atoms with Gasteiger partial charge in [-0.2, -0.15) is 0 Å². The van der Waals surface area contributed by atoms with E-state index < -0.39 is 95.5 Å². The van der Waals surface area contributed by atoms with Crippen LogP contribution in [0.3, 0.4) is 0 Å². The molecule has 15 atom stereocenters. The van der Waals surface area contributed by atoms with Gasteiger partial charge in [-0.3, -0.25) is 24.1 Å². The van der Waals surface area contributed by atoms with Gasteiger partial charge in [-0.05, 0) is 146 Å². The molecular weight excluding hydrogens is 1060 g/mol. The molecular formula is C65H98N2O16. The third kappa shape index (κ3) is 19.5. The van der Waals surface area contributed by atoms with Gasteiger partial charge in [0, 0.05) is 58.6 Å². The maximum atomic E-state index is 14.8. The average Bonchev–Trinajstić information content (AvgIpc) is 3.45. The molecule has 3 fully saturated rings. The van der Waals surface area contributed by atoms with E-state index in [4.69, 9.17) is 33.2 Å². The molecule has 0 radical (unpaired) electrons. The third-order valence-corrected chi connectivity index (χ3v) is 17.0. The van der Waals surface area contributed by atoms with Crippen LogP contribution in [0.2, 0.25) is 0 Å². The minimum Gasteiger partial charge on any atom is -0.491 e. The highest BCUT2D eigenvalue weighted by Crippen LogP contribution is 2.39. The van der Waals surface area contributed by atoms with Crippen LogP contribution in [-0.2, 0) is 58.9 Å². The summed E-state index contributed by atoms with van der Waals surface area (Å²) in [6.07, 6.45) is 9.33. The Labute approximate surface area is 493 Å². The Morgan fingerprint density at radius 2 is 1.61 bits per heavy atom. The molecule has 83 heavy (non-hydrogen) atoms. The molecule has 0 aromatic heterocycles. The van der Waals surface area contributed by atoms with Crippen LogP contribution < -0.4 is 4.74 Å². The van der Waals surface area contributed by atoms with E-state index >= 15 is 0 Å². The lowest BCUT2D eigenvalue weighted by Gasteiger charge is -2.44.